The van der Waals surface area contributed by atoms with Crippen molar-refractivity contribution < 1.29 is 13.2 Å². The summed E-state index contributed by atoms with van der Waals surface area (Å²) in [7, 11) is 0. The van der Waals surface area contributed by atoms with Crippen LogP contribution in [-0.2, 0) is 6.18 Å². The molecule has 2 nitrogen and oxygen atoms in total. The predicted molar refractivity (Wildman–Crippen MR) is 84.0 cm³/mol. The fourth-order valence-corrected chi connectivity index (χ4v) is 2.77. The Bertz CT molecular complexity index is 1020. The van der Waals surface area contributed by atoms with Gasteiger partial charge in [0.25, 0.3) is 0 Å². The molecule has 0 fully saturated rings. The first-order chi connectivity index (χ1) is 11.0. The maximum absolute atomic E-state index is 13.1. The number of hydrogen-bond acceptors (Lipinski definition) is 1. The molecule has 23 heavy (non-hydrogen) atoms. The molecule has 0 bridgehead atoms. The Morgan fingerprint density at radius 3 is 2.43 bits per heavy atom. The molecule has 0 spiro atoms. The zero-order valence-corrected chi connectivity index (χ0v) is 11.9. The molecule has 5 heteroatoms. The molecule has 0 unspecified atom stereocenters. The second-order valence-electron chi connectivity index (χ2n) is 5.35. The Hall–Kier alpha value is -2.82. The van der Waals surface area contributed by atoms with Crippen LogP contribution in [0.2, 0.25) is 0 Å². The smallest absolute Gasteiger partial charge is 0.359 e. The lowest BCUT2D eigenvalue weighted by Gasteiger charge is -2.10. The van der Waals surface area contributed by atoms with Gasteiger partial charge in [0.2, 0.25) is 0 Å². The van der Waals surface area contributed by atoms with Crippen molar-refractivity contribution in [2.45, 2.75) is 6.18 Å². The summed E-state index contributed by atoms with van der Waals surface area (Å²) in [5, 5.41) is 2.03. The van der Waals surface area contributed by atoms with Gasteiger partial charge in [-0.2, -0.15) is 13.2 Å². The van der Waals surface area contributed by atoms with E-state index < -0.39 is 11.9 Å². The minimum Gasteiger partial charge on any atom is -0.359 e. The molecule has 0 saturated carbocycles. The number of aromatic amines is 1. The maximum atomic E-state index is 13.1. The van der Waals surface area contributed by atoms with Crippen molar-refractivity contribution in [3.8, 4) is 11.1 Å². The van der Waals surface area contributed by atoms with Crippen molar-refractivity contribution in [3.05, 3.63) is 66.5 Å². The lowest BCUT2D eigenvalue weighted by molar-refractivity contribution is -0.140. The summed E-state index contributed by atoms with van der Waals surface area (Å²) < 4.78 is 39.3. The number of aromatic nitrogens is 2. The molecule has 114 valence electrons. The van der Waals surface area contributed by atoms with Gasteiger partial charge in [0.15, 0.2) is 0 Å². The SMILES string of the molecule is FC(F)(F)c1cc(-c2ccc3ccccc3c2)c2[nH]ccc2n1. The van der Waals surface area contributed by atoms with E-state index in [0.717, 1.165) is 22.4 Å². The number of hydrogen-bond donors (Lipinski definition) is 1. The quantitative estimate of drug-likeness (QED) is 0.501. The molecule has 4 rings (SSSR count). The molecule has 0 saturated heterocycles. The van der Waals surface area contributed by atoms with Crippen LogP contribution in [0.5, 0.6) is 0 Å². The fraction of sp³-hybridized carbons (Fsp3) is 0.0556. The molecule has 4 aromatic rings. The van der Waals surface area contributed by atoms with E-state index in [2.05, 4.69) is 9.97 Å². The van der Waals surface area contributed by atoms with E-state index in [1.807, 2.05) is 42.5 Å². The van der Waals surface area contributed by atoms with Crippen LogP contribution in [0.15, 0.2) is 60.8 Å². The summed E-state index contributed by atoms with van der Waals surface area (Å²) in [6, 6.07) is 16.0. The topological polar surface area (TPSA) is 28.7 Å². The van der Waals surface area contributed by atoms with Crippen molar-refractivity contribution in [1.82, 2.24) is 9.97 Å². The van der Waals surface area contributed by atoms with Gasteiger partial charge in [-0.1, -0.05) is 36.4 Å². The van der Waals surface area contributed by atoms with E-state index in [9.17, 15) is 13.2 Å². The van der Waals surface area contributed by atoms with E-state index in [4.69, 9.17) is 0 Å². The van der Waals surface area contributed by atoms with Gasteiger partial charge in [-0.3, -0.25) is 0 Å². The van der Waals surface area contributed by atoms with Crippen LogP contribution < -0.4 is 0 Å². The molecule has 0 atom stereocenters. The van der Waals surface area contributed by atoms with Crippen LogP contribution in [0.1, 0.15) is 5.69 Å². The third-order valence-corrected chi connectivity index (χ3v) is 3.87. The molecule has 0 aliphatic rings. The predicted octanol–water partition coefficient (Wildman–Crippen LogP) is 5.40. The highest BCUT2D eigenvalue weighted by molar-refractivity contribution is 5.95. The summed E-state index contributed by atoms with van der Waals surface area (Å²) in [5.41, 5.74) is 1.26. The molecule has 0 amide bonds. The number of nitrogens with one attached hydrogen (secondary N) is 1. The van der Waals surface area contributed by atoms with E-state index in [-0.39, 0.29) is 0 Å². The molecular formula is C18H11F3N2. The third-order valence-electron chi connectivity index (χ3n) is 3.87. The van der Waals surface area contributed by atoms with Gasteiger partial charge >= 0.3 is 6.18 Å². The van der Waals surface area contributed by atoms with Gasteiger partial charge in [0.1, 0.15) is 5.69 Å². The summed E-state index contributed by atoms with van der Waals surface area (Å²) in [5.74, 6) is 0. The molecule has 0 aliphatic carbocycles. The van der Waals surface area contributed by atoms with Crippen molar-refractivity contribution in [2.75, 3.05) is 0 Å². The highest BCUT2D eigenvalue weighted by Gasteiger charge is 2.33. The molecule has 2 aromatic carbocycles. The molecule has 2 heterocycles. The fourth-order valence-electron chi connectivity index (χ4n) is 2.77. The lowest BCUT2D eigenvalue weighted by atomic mass is 10.00. The first kappa shape index (κ1) is 13.8. The van der Waals surface area contributed by atoms with Crippen LogP contribution in [-0.4, -0.2) is 9.97 Å². The number of H-pyrrole nitrogens is 1. The molecule has 0 radical (unpaired) electrons. The number of nitrogens with zero attached hydrogens (tertiary/aromatic N) is 1. The summed E-state index contributed by atoms with van der Waals surface area (Å²) in [4.78, 5) is 6.68. The summed E-state index contributed by atoms with van der Waals surface area (Å²) in [6.07, 6.45) is -2.88. The normalized spacial score (nSPS) is 12.1. The van der Waals surface area contributed by atoms with E-state index in [1.54, 1.807) is 12.3 Å². The first-order valence-electron chi connectivity index (χ1n) is 7.07. The number of fused-ring (bicyclic) bond motifs is 2. The second kappa shape index (κ2) is 4.84. The number of alkyl halides is 3. The Morgan fingerprint density at radius 2 is 1.65 bits per heavy atom. The first-order valence-corrected chi connectivity index (χ1v) is 7.07. The standard InChI is InChI=1S/C18H11F3N2/c19-18(20,21)16-10-14(17-15(23-16)7-8-22-17)13-6-5-11-3-1-2-4-12(11)9-13/h1-10,22H. The average Bonchev–Trinajstić information content (AvgIpc) is 3.01. The van der Waals surface area contributed by atoms with Gasteiger partial charge in [-0.05, 0) is 34.5 Å². The van der Waals surface area contributed by atoms with Gasteiger partial charge in [-0.25, -0.2) is 4.98 Å². The summed E-state index contributed by atoms with van der Waals surface area (Å²) in [6.45, 7) is 0. The van der Waals surface area contributed by atoms with E-state index in [0.29, 0.717) is 16.6 Å². The van der Waals surface area contributed by atoms with Crippen molar-refractivity contribution in [3.63, 3.8) is 0 Å². The monoisotopic (exact) mass is 312 g/mol. The minimum atomic E-state index is -4.48. The Labute approximate surface area is 129 Å². The molecule has 0 aliphatic heterocycles. The van der Waals surface area contributed by atoms with Crippen LogP contribution in [0.4, 0.5) is 13.2 Å². The Morgan fingerprint density at radius 1 is 0.870 bits per heavy atom. The highest BCUT2D eigenvalue weighted by Crippen LogP contribution is 2.35. The summed E-state index contributed by atoms with van der Waals surface area (Å²) >= 11 is 0. The van der Waals surface area contributed by atoms with Gasteiger partial charge in [0.05, 0.1) is 11.0 Å². The number of rotatable bonds is 1. The minimum absolute atomic E-state index is 0.308. The highest BCUT2D eigenvalue weighted by atomic mass is 19.4. The lowest BCUT2D eigenvalue weighted by Crippen LogP contribution is -2.08. The van der Waals surface area contributed by atoms with Crippen LogP contribution in [0, 0.1) is 0 Å². The number of pyridine rings is 1. The zero-order chi connectivity index (χ0) is 16.0. The zero-order valence-electron chi connectivity index (χ0n) is 11.9. The van der Waals surface area contributed by atoms with Crippen molar-refractivity contribution >= 4 is 21.8 Å². The van der Waals surface area contributed by atoms with Crippen LogP contribution in [0.3, 0.4) is 0 Å². The van der Waals surface area contributed by atoms with Gasteiger partial charge in [-0.15, -0.1) is 0 Å². The molecule has 1 N–H and O–H groups in total. The van der Waals surface area contributed by atoms with E-state index >= 15 is 0 Å². The average molecular weight is 312 g/mol. The van der Waals surface area contributed by atoms with Gasteiger partial charge in [0, 0.05) is 11.8 Å². The van der Waals surface area contributed by atoms with Crippen LogP contribution >= 0.6 is 0 Å². The second-order valence-corrected chi connectivity index (χ2v) is 5.35. The van der Waals surface area contributed by atoms with Crippen LogP contribution in [0.25, 0.3) is 32.9 Å². The largest absolute Gasteiger partial charge is 0.433 e. The van der Waals surface area contributed by atoms with Crippen molar-refractivity contribution in [1.29, 1.82) is 0 Å². The molecule has 2 aromatic heterocycles. The molecular weight excluding hydrogens is 301 g/mol. The third kappa shape index (κ3) is 2.34. The van der Waals surface area contributed by atoms with Crippen molar-refractivity contribution in [2.24, 2.45) is 0 Å². The van der Waals surface area contributed by atoms with Gasteiger partial charge < -0.3 is 4.98 Å². The van der Waals surface area contributed by atoms with E-state index in [1.165, 1.54) is 0 Å². The Balaban J connectivity index is 2.00. The number of benzene rings is 2. The maximum Gasteiger partial charge on any atom is 0.433 e. The number of halogens is 3. The Kier molecular flexibility index (Phi) is 2.91.